The van der Waals surface area contributed by atoms with E-state index in [1.165, 1.54) is 238 Å². The van der Waals surface area contributed by atoms with Gasteiger partial charge in [-0.05, 0) is 57.8 Å². The number of amides is 1. The van der Waals surface area contributed by atoms with Crippen molar-refractivity contribution in [2.75, 3.05) is 6.61 Å². The molecule has 0 aliphatic carbocycles. The van der Waals surface area contributed by atoms with Crippen molar-refractivity contribution in [3.63, 3.8) is 0 Å². The third-order valence-electron chi connectivity index (χ3n) is 12.3. The number of nitrogens with one attached hydrogen (secondary N) is 1. The van der Waals surface area contributed by atoms with E-state index in [9.17, 15) is 15.0 Å². The Balaban J connectivity index is 3.52. The van der Waals surface area contributed by atoms with Crippen LogP contribution in [-0.4, -0.2) is 34.9 Å². The van der Waals surface area contributed by atoms with Gasteiger partial charge in [0.05, 0.1) is 18.8 Å². The molecule has 0 radical (unpaired) electrons. The second kappa shape index (κ2) is 51.0. The zero-order chi connectivity index (χ0) is 42.8. The highest BCUT2D eigenvalue weighted by Gasteiger charge is 2.17. The average Bonchev–Trinajstić information content (AvgIpc) is 3.24. The van der Waals surface area contributed by atoms with Gasteiger partial charge in [0.2, 0.25) is 5.91 Å². The zero-order valence-corrected chi connectivity index (χ0v) is 40.0. The summed E-state index contributed by atoms with van der Waals surface area (Å²) in [6, 6.07) is -0.639. The molecule has 0 bridgehead atoms. The SMILES string of the molecule is CCCCCCCCCCCCCC/C=C\CCCCCCCCCCCCCC(=O)NC(CO)C(O)/C=C/CC/C=C/CCCCCCCCCCCCCCCC. The standard InChI is InChI=1S/C55H105NO3/c1-3-5-7-9-11-13-15-17-19-21-23-25-26-27-28-29-30-31-33-35-37-39-41-43-45-47-49-51-55(59)56-53(52-57)54(58)50-48-46-44-42-40-38-36-34-32-24-22-20-18-16-14-12-10-8-6-4-2/h27-28,40,42,48,50,53-54,57-58H,3-26,29-39,41,43-47,49,51-52H2,1-2H3,(H,56,59)/b28-27-,42-40+,50-48+. The van der Waals surface area contributed by atoms with E-state index in [0.717, 1.165) is 32.1 Å². The lowest BCUT2D eigenvalue weighted by Crippen LogP contribution is -2.45. The first-order chi connectivity index (χ1) is 29.2. The Kier molecular flexibility index (Phi) is 49.8. The van der Waals surface area contributed by atoms with E-state index in [1.807, 2.05) is 6.08 Å². The van der Waals surface area contributed by atoms with Crippen LogP contribution < -0.4 is 5.32 Å². The number of carbonyl (C=O) groups is 1. The van der Waals surface area contributed by atoms with Gasteiger partial charge in [0, 0.05) is 6.42 Å². The lowest BCUT2D eigenvalue weighted by Gasteiger charge is -2.19. The molecule has 0 aromatic carbocycles. The third kappa shape index (κ3) is 47.5. The van der Waals surface area contributed by atoms with Crippen LogP contribution in [0.5, 0.6) is 0 Å². The minimum Gasteiger partial charge on any atom is -0.394 e. The summed E-state index contributed by atoms with van der Waals surface area (Å²) in [5.41, 5.74) is 0. The number of aliphatic hydroxyl groups is 2. The summed E-state index contributed by atoms with van der Waals surface area (Å²) >= 11 is 0. The van der Waals surface area contributed by atoms with Gasteiger partial charge in [-0.15, -0.1) is 0 Å². The van der Waals surface area contributed by atoms with Gasteiger partial charge >= 0.3 is 0 Å². The van der Waals surface area contributed by atoms with E-state index in [-0.39, 0.29) is 12.5 Å². The van der Waals surface area contributed by atoms with E-state index in [1.54, 1.807) is 6.08 Å². The van der Waals surface area contributed by atoms with Gasteiger partial charge in [0.25, 0.3) is 0 Å². The molecule has 4 heteroatoms. The van der Waals surface area contributed by atoms with Crippen LogP contribution in [0, 0.1) is 0 Å². The van der Waals surface area contributed by atoms with Crippen LogP contribution in [0.1, 0.15) is 290 Å². The maximum atomic E-state index is 12.4. The number of allylic oxidation sites excluding steroid dienone is 5. The smallest absolute Gasteiger partial charge is 0.220 e. The topological polar surface area (TPSA) is 69.6 Å². The highest BCUT2D eigenvalue weighted by Crippen LogP contribution is 2.16. The van der Waals surface area contributed by atoms with E-state index in [4.69, 9.17) is 0 Å². The Morgan fingerprint density at radius 2 is 0.661 bits per heavy atom. The highest BCUT2D eigenvalue weighted by atomic mass is 16.3. The summed E-state index contributed by atoms with van der Waals surface area (Å²) < 4.78 is 0. The number of rotatable bonds is 49. The first-order valence-electron chi connectivity index (χ1n) is 26.7. The van der Waals surface area contributed by atoms with Crippen LogP contribution >= 0.6 is 0 Å². The Hall–Kier alpha value is -1.39. The van der Waals surface area contributed by atoms with Crippen LogP contribution in [0.4, 0.5) is 0 Å². The molecule has 0 spiro atoms. The van der Waals surface area contributed by atoms with Crippen molar-refractivity contribution in [1.29, 1.82) is 0 Å². The molecule has 0 fully saturated rings. The van der Waals surface area contributed by atoms with Gasteiger partial charge in [-0.1, -0.05) is 262 Å². The molecule has 0 aliphatic heterocycles. The lowest BCUT2D eigenvalue weighted by atomic mass is 10.0. The lowest BCUT2D eigenvalue weighted by molar-refractivity contribution is -0.123. The highest BCUT2D eigenvalue weighted by molar-refractivity contribution is 5.76. The molecule has 0 rings (SSSR count). The first kappa shape index (κ1) is 57.6. The molecule has 2 atom stereocenters. The second-order valence-corrected chi connectivity index (χ2v) is 18.3. The Morgan fingerprint density at radius 3 is 0.983 bits per heavy atom. The zero-order valence-electron chi connectivity index (χ0n) is 40.0. The summed E-state index contributed by atoms with van der Waals surface area (Å²) in [4.78, 5) is 12.4. The first-order valence-corrected chi connectivity index (χ1v) is 26.7. The summed E-state index contributed by atoms with van der Waals surface area (Å²) in [7, 11) is 0. The fourth-order valence-corrected chi connectivity index (χ4v) is 8.25. The molecule has 0 aromatic rings. The van der Waals surface area contributed by atoms with Gasteiger partial charge in [-0.3, -0.25) is 4.79 Å². The second-order valence-electron chi connectivity index (χ2n) is 18.3. The van der Waals surface area contributed by atoms with Crippen molar-refractivity contribution < 1.29 is 15.0 Å². The minimum atomic E-state index is -0.862. The number of unbranched alkanes of at least 4 members (excludes halogenated alkanes) is 38. The Labute approximate surface area is 370 Å². The molecule has 4 nitrogen and oxygen atoms in total. The summed E-state index contributed by atoms with van der Waals surface area (Å²) in [6.07, 6.45) is 68.7. The van der Waals surface area contributed by atoms with Crippen LogP contribution in [-0.2, 0) is 4.79 Å². The van der Waals surface area contributed by atoms with Crippen LogP contribution in [0.25, 0.3) is 0 Å². The monoisotopic (exact) mass is 828 g/mol. The maximum Gasteiger partial charge on any atom is 0.220 e. The normalized spacial score (nSPS) is 13.1. The number of hydrogen-bond acceptors (Lipinski definition) is 3. The molecule has 0 saturated heterocycles. The molecular weight excluding hydrogens is 723 g/mol. The molecule has 0 heterocycles. The van der Waals surface area contributed by atoms with Gasteiger partial charge in [0.1, 0.15) is 0 Å². The van der Waals surface area contributed by atoms with Gasteiger partial charge < -0.3 is 15.5 Å². The summed E-state index contributed by atoms with van der Waals surface area (Å²) in [6.45, 7) is 4.33. The minimum absolute atomic E-state index is 0.0713. The van der Waals surface area contributed by atoms with Crippen molar-refractivity contribution in [3.8, 4) is 0 Å². The molecule has 3 N–H and O–H groups in total. The Morgan fingerprint density at radius 1 is 0.390 bits per heavy atom. The predicted octanol–water partition coefficient (Wildman–Crippen LogP) is 17.3. The van der Waals surface area contributed by atoms with Crippen LogP contribution in [0.15, 0.2) is 36.5 Å². The quantitative estimate of drug-likeness (QED) is 0.0423. The number of hydrogen-bond donors (Lipinski definition) is 3. The summed E-state index contributed by atoms with van der Waals surface area (Å²) in [5.74, 6) is -0.0713. The molecule has 1 amide bonds. The maximum absolute atomic E-state index is 12.4. The summed E-state index contributed by atoms with van der Waals surface area (Å²) in [5, 5.41) is 23.1. The van der Waals surface area contributed by atoms with Crippen LogP contribution in [0.2, 0.25) is 0 Å². The van der Waals surface area contributed by atoms with Crippen molar-refractivity contribution in [1.82, 2.24) is 5.32 Å². The largest absolute Gasteiger partial charge is 0.394 e. The fraction of sp³-hybridized carbons (Fsp3) is 0.873. The Bertz CT molecular complexity index is 897. The molecule has 0 aliphatic rings. The predicted molar refractivity (Wildman–Crippen MR) is 262 cm³/mol. The van der Waals surface area contributed by atoms with Crippen molar-refractivity contribution in [2.24, 2.45) is 0 Å². The van der Waals surface area contributed by atoms with E-state index < -0.39 is 12.1 Å². The third-order valence-corrected chi connectivity index (χ3v) is 12.3. The fourth-order valence-electron chi connectivity index (χ4n) is 8.25. The van der Waals surface area contributed by atoms with Crippen molar-refractivity contribution in [3.05, 3.63) is 36.5 Å². The molecular formula is C55H105NO3. The van der Waals surface area contributed by atoms with Gasteiger partial charge in [0.15, 0.2) is 0 Å². The molecule has 2 unspecified atom stereocenters. The number of carbonyl (C=O) groups excluding carboxylic acids is 1. The van der Waals surface area contributed by atoms with Gasteiger partial charge in [-0.2, -0.15) is 0 Å². The molecule has 348 valence electrons. The molecule has 0 saturated carbocycles. The van der Waals surface area contributed by atoms with Crippen molar-refractivity contribution in [2.45, 2.75) is 302 Å². The molecule has 59 heavy (non-hydrogen) atoms. The van der Waals surface area contributed by atoms with E-state index in [0.29, 0.717) is 6.42 Å². The molecule has 0 aromatic heterocycles. The van der Waals surface area contributed by atoms with Gasteiger partial charge in [-0.25, -0.2) is 0 Å². The van der Waals surface area contributed by atoms with Crippen molar-refractivity contribution >= 4 is 5.91 Å². The average molecular weight is 828 g/mol. The van der Waals surface area contributed by atoms with E-state index >= 15 is 0 Å². The number of aliphatic hydroxyl groups excluding tert-OH is 2. The van der Waals surface area contributed by atoms with E-state index in [2.05, 4.69) is 43.5 Å². The van der Waals surface area contributed by atoms with Crippen LogP contribution in [0.3, 0.4) is 0 Å².